The molecule has 1 saturated heterocycles. The Labute approximate surface area is 201 Å². The number of hydrogen-bond donors (Lipinski definition) is 0. The van der Waals surface area contributed by atoms with Gasteiger partial charge in [-0.2, -0.15) is 0 Å². The molecule has 0 atom stereocenters. The van der Waals surface area contributed by atoms with Crippen LogP contribution < -0.4 is 9.80 Å². The molecule has 174 valence electrons. The molecule has 0 amide bonds. The lowest BCUT2D eigenvalue weighted by molar-refractivity contribution is 0.534. The molecule has 1 aliphatic heterocycles. The first-order valence-electron chi connectivity index (χ1n) is 12.5. The predicted octanol–water partition coefficient (Wildman–Crippen LogP) is 5.55. The average Bonchev–Trinajstić information content (AvgIpc) is 3.53. The van der Waals surface area contributed by atoms with Gasteiger partial charge in [-0.15, -0.1) is 0 Å². The first-order valence-corrected chi connectivity index (χ1v) is 12.5. The molecular formula is C28H32N6. The Balaban J connectivity index is 1.35. The van der Waals surface area contributed by atoms with E-state index in [4.69, 9.17) is 15.0 Å². The Morgan fingerprint density at radius 2 is 1.35 bits per heavy atom. The Kier molecular flexibility index (Phi) is 5.44. The highest BCUT2D eigenvalue weighted by atomic mass is 15.3. The maximum atomic E-state index is 5.20. The number of imidazole rings is 1. The Hall–Kier alpha value is -3.41. The SMILES string of the molecule is Cc1ccc(-c2nc3c(N4CCN(c5ccc(C)cc5)CC4)ncnc3n2C2CCCC2)cc1. The zero-order valence-corrected chi connectivity index (χ0v) is 20.1. The molecule has 34 heavy (non-hydrogen) atoms. The number of rotatable bonds is 4. The van der Waals surface area contributed by atoms with Gasteiger partial charge in [-0.1, -0.05) is 60.4 Å². The van der Waals surface area contributed by atoms with Crippen LogP contribution in [0.5, 0.6) is 0 Å². The van der Waals surface area contributed by atoms with Crippen molar-refractivity contribution < 1.29 is 0 Å². The van der Waals surface area contributed by atoms with Gasteiger partial charge in [0, 0.05) is 43.5 Å². The molecule has 6 nitrogen and oxygen atoms in total. The highest BCUT2D eigenvalue weighted by Gasteiger charge is 2.28. The van der Waals surface area contributed by atoms with Crippen molar-refractivity contribution in [1.82, 2.24) is 19.5 Å². The van der Waals surface area contributed by atoms with E-state index in [-0.39, 0.29) is 0 Å². The summed E-state index contributed by atoms with van der Waals surface area (Å²) in [7, 11) is 0. The Bertz CT molecular complexity index is 1280. The van der Waals surface area contributed by atoms with E-state index in [2.05, 4.69) is 76.7 Å². The number of benzene rings is 2. The second kappa shape index (κ2) is 8.75. The molecule has 1 saturated carbocycles. The first-order chi connectivity index (χ1) is 16.7. The van der Waals surface area contributed by atoms with Crippen LogP contribution in [0, 0.1) is 13.8 Å². The summed E-state index contributed by atoms with van der Waals surface area (Å²) in [5.41, 5.74) is 6.94. The highest BCUT2D eigenvalue weighted by Crippen LogP contribution is 2.38. The van der Waals surface area contributed by atoms with Gasteiger partial charge >= 0.3 is 0 Å². The third-order valence-corrected chi connectivity index (χ3v) is 7.44. The van der Waals surface area contributed by atoms with Crippen molar-refractivity contribution in [3.63, 3.8) is 0 Å². The van der Waals surface area contributed by atoms with Crippen LogP contribution >= 0.6 is 0 Å². The zero-order chi connectivity index (χ0) is 23.1. The lowest BCUT2D eigenvalue weighted by Gasteiger charge is -2.36. The minimum Gasteiger partial charge on any atom is -0.368 e. The van der Waals surface area contributed by atoms with Crippen molar-refractivity contribution in [2.75, 3.05) is 36.0 Å². The van der Waals surface area contributed by atoms with E-state index in [1.807, 2.05) is 0 Å². The number of aromatic nitrogens is 4. The summed E-state index contributed by atoms with van der Waals surface area (Å²) in [5.74, 6) is 2.00. The molecule has 6 heteroatoms. The molecule has 1 aliphatic carbocycles. The van der Waals surface area contributed by atoms with E-state index in [1.54, 1.807) is 6.33 Å². The molecule has 2 aromatic heterocycles. The fraction of sp³-hybridized carbons (Fsp3) is 0.393. The number of hydrogen-bond acceptors (Lipinski definition) is 5. The van der Waals surface area contributed by atoms with Crippen LogP contribution in [-0.2, 0) is 0 Å². The van der Waals surface area contributed by atoms with Gasteiger partial charge in [0.05, 0.1) is 0 Å². The maximum Gasteiger partial charge on any atom is 0.166 e. The van der Waals surface area contributed by atoms with Crippen molar-refractivity contribution >= 4 is 22.7 Å². The van der Waals surface area contributed by atoms with E-state index in [1.165, 1.54) is 42.5 Å². The molecule has 0 bridgehead atoms. The number of nitrogens with zero attached hydrogens (tertiary/aromatic N) is 6. The zero-order valence-electron chi connectivity index (χ0n) is 20.1. The third-order valence-electron chi connectivity index (χ3n) is 7.44. The van der Waals surface area contributed by atoms with Gasteiger partial charge in [0.15, 0.2) is 17.0 Å². The number of piperazine rings is 1. The minimum absolute atomic E-state index is 0.461. The van der Waals surface area contributed by atoms with Gasteiger partial charge in [0.1, 0.15) is 12.2 Å². The van der Waals surface area contributed by atoms with Crippen molar-refractivity contribution in [3.8, 4) is 11.4 Å². The minimum atomic E-state index is 0.461. The van der Waals surface area contributed by atoms with Crippen molar-refractivity contribution in [3.05, 3.63) is 66.0 Å². The van der Waals surface area contributed by atoms with Gasteiger partial charge < -0.3 is 14.4 Å². The van der Waals surface area contributed by atoms with E-state index in [9.17, 15) is 0 Å². The molecule has 2 aliphatic rings. The normalized spacial score (nSPS) is 17.1. The topological polar surface area (TPSA) is 50.1 Å². The highest BCUT2D eigenvalue weighted by molar-refractivity contribution is 5.87. The van der Waals surface area contributed by atoms with Gasteiger partial charge in [-0.3, -0.25) is 0 Å². The standard InChI is InChI=1S/C28H32N6/c1-20-7-11-22(12-8-20)26-31-25-27(29-19-30-28(25)34(26)24-5-3-4-6-24)33-17-15-32(16-18-33)23-13-9-21(2)10-14-23/h7-14,19,24H,3-6,15-18H2,1-2H3. The molecule has 0 unspecified atom stereocenters. The van der Waals surface area contributed by atoms with Crippen LogP contribution in [-0.4, -0.2) is 45.7 Å². The second-order valence-electron chi connectivity index (χ2n) is 9.79. The number of aryl methyl sites for hydroxylation is 2. The predicted molar refractivity (Wildman–Crippen MR) is 139 cm³/mol. The summed E-state index contributed by atoms with van der Waals surface area (Å²) in [6.45, 7) is 8.07. The van der Waals surface area contributed by atoms with Crippen molar-refractivity contribution in [2.45, 2.75) is 45.6 Å². The lowest BCUT2D eigenvalue weighted by atomic mass is 10.1. The summed E-state index contributed by atoms with van der Waals surface area (Å²) in [4.78, 5) is 19.6. The molecule has 0 radical (unpaired) electrons. The molecule has 3 heterocycles. The first kappa shape index (κ1) is 21.1. The largest absolute Gasteiger partial charge is 0.368 e. The Morgan fingerprint density at radius 3 is 2.03 bits per heavy atom. The van der Waals surface area contributed by atoms with E-state index >= 15 is 0 Å². The molecule has 0 N–H and O–H groups in total. The summed E-state index contributed by atoms with van der Waals surface area (Å²) in [6, 6.07) is 18.0. The summed E-state index contributed by atoms with van der Waals surface area (Å²) >= 11 is 0. The van der Waals surface area contributed by atoms with Gasteiger partial charge in [-0.05, 0) is 38.8 Å². The average molecular weight is 453 g/mol. The van der Waals surface area contributed by atoms with Crippen LogP contribution in [0.2, 0.25) is 0 Å². The van der Waals surface area contributed by atoms with Crippen molar-refractivity contribution in [1.29, 1.82) is 0 Å². The van der Waals surface area contributed by atoms with Crippen LogP contribution in [0.25, 0.3) is 22.6 Å². The number of fused-ring (bicyclic) bond motifs is 1. The number of anilines is 2. The molecule has 2 aromatic carbocycles. The fourth-order valence-electron chi connectivity index (χ4n) is 5.47. The smallest absolute Gasteiger partial charge is 0.166 e. The maximum absolute atomic E-state index is 5.20. The summed E-state index contributed by atoms with van der Waals surface area (Å²) < 4.78 is 2.40. The van der Waals surface area contributed by atoms with Gasteiger partial charge in [0.2, 0.25) is 0 Å². The van der Waals surface area contributed by atoms with E-state index in [0.717, 1.165) is 54.5 Å². The fourth-order valence-corrected chi connectivity index (χ4v) is 5.47. The molecule has 4 aromatic rings. The van der Waals surface area contributed by atoms with Crippen LogP contribution in [0.1, 0.15) is 42.9 Å². The Morgan fingerprint density at radius 1 is 0.735 bits per heavy atom. The summed E-state index contributed by atoms with van der Waals surface area (Å²) in [6.07, 6.45) is 6.67. The van der Waals surface area contributed by atoms with E-state index < -0.39 is 0 Å². The lowest BCUT2D eigenvalue weighted by Crippen LogP contribution is -2.47. The monoisotopic (exact) mass is 452 g/mol. The van der Waals surface area contributed by atoms with Crippen molar-refractivity contribution in [2.24, 2.45) is 0 Å². The molecular weight excluding hydrogens is 420 g/mol. The van der Waals surface area contributed by atoms with Crippen LogP contribution in [0.15, 0.2) is 54.9 Å². The molecule has 6 rings (SSSR count). The third kappa shape index (κ3) is 3.81. The quantitative estimate of drug-likeness (QED) is 0.406. The van der Waals surface area contributed by atoms with Gasteiger partial charge in [0.25, 0.3) is 0 Å². The molecule has 2 fully saturated rings. The second-order valence-corrected chi connectivity index (χ2v) is 9.79. The van der Waals surface area contributed by atoms with Crippen LogP contribution in [0.3, 0.4) is 0 Å². The van der Waals surface area contributed by atoms with Crippen LogP contribution in [0.4, 0.5) is 11.5 Å². The summed E-state index contributed by atoms with van der Waals surface area (Å²) in [5, 5.41) is 0. The molecule has 0 spiro atoms. The van der Waals surface area contributed by atoms with Gasteiger partial charge in [-0.25, -0.2) is 15.0 Å². The van der Waals surface area contributed by atoms with E-state index in [0.29, 0.717) is 6.04 Å².